The van der Waals surface area contributed by atoms with Crippen LogP contribution >= 0.6 is 23.2 Å². The second-order valence-corrected chi connectivity index (χ2v) is 5.92. The maximum atomic E-state index is 6.01. The van der Waals surface area contributed by atoms with Crippen LogP contribution in [0.5, 0.6) is 0 Å². The molecule has 1 aliphatic heterocycles. The van der Waals surface area contributed by atoms with Crippen molar-refractivity contribution in [3.05, 3.63) is 0 Å². The lowest BCUT2D eigenvalue weighted by molar-refractivity contribution is 0.0424. The first-order valence-electron chi connectivity index (χ1n) is 5.70. The Morgan fingerprint density at radius 2 is 1.79 bits per heavy atom. The van der Waals surface area contributed by atoms with E-state index >= 15 is 0 Å². The molecule has 0 amide bonds. The third-order valence-electron chi connectivity index (χ3n) is 4.04. The van der Waals surface area contributed by atoms with Crippen LogP contribution in [0.3, 0.4) is 0 Å². The Kier molecular flexibility index (Phi) is 3.62. The van der Waals surface area contributed by atoms with Crippen molar-refractivity contribution >= 4 is 23.2 Å². The summed E-state index contributed by atoms with van der Waals surface area (Å²) in [6, 6.07) is 1.14. The Hall–Kier alpha value is 0.540. The molecule has 2 fully saturated rings. The first-order chi connectivity index (χ1) is 6.70. The van der Waals surface area contributed by atoms with Crippen LogP contribution < -0.4 is 0 Å². The zero-order valence-electron chi connectivity index (χ0n) is 8.76. The van der Waals surface area contributed by atoms with Gasteiger partial charge in [-0.05, 0) is 38.6 Å². The van der Waals surface area contributed by atoms with Gasteiger partial charge in [0.1, 0.15) is 4.84 Å². The largest absolute Gasteiger partial charge is 0.297 e. The molecule has 3 unspecified atom stereocenters. The number of hydrogen-bond donors (Lipinski definition) is 0. The summed E-state index contributed by atoms with van der Waals surface area (Å²) in [6.07, 6.45) is 8.07. The van der Waals surface area contributed by atoms with Gasteiger partial charge < -0.3 is 0 Å². The molecule has 0 aromatic carbocycles. The predicted octanol–water partition coefficient (Wildman–Crippen LogP) is 3.44. The van der Waals surface area contributed by atoms with E-state index in [-0.39, 0.29) is 4.84 Å². The highest BCUT2D eigenvalue weighted by molar-refractivity contribution is 6.44. The van der Waals surface area contributed by atoms with Crippen LogP contribution in [0.15, 0.2) is 0 Å². The highest BCUT2D eigenvalue weighted by Gasteiger charge is 2.38. The standard InChI is InChI=1S/C11H19Cl2N/c1-14-9-5-3-2-4-8(9)6-7-10(14)11(12)13/h8-11H,2-7H2,1H3. The number of likely N-dealkylation sites (tertiary alicyclic amines) is 1. The number of halogens is 2. The van der Waals surface area contributed by atoms with E-state index in [4.69, 9.17) is 23.2 Å². The van der Waals surface area contributed by atoms with Gasteiger partial charge in [-0.3, -0.25) is 4.90 Å². The average Bonchev–Trinajstić information content (AvgIpc) is 2.18. The van der Waals surface area contributed by atoms with E-state index in [0.717, 1.165) is 12.0 Å². The molecular weight excluding hydrogens is 217 g/mol. The molecule has 1 aliphatic carbocycles. The first kappa shape index (κ1) is 11.0. The molecule has 0 bridgehead atoms. The number of hydrogen-bond acceptors (Lipinski definition) is 1. The lowest BCUT2D eigenvalue weighted by Gasteiger charge is -2.47. The monoisotopic (exact) mass is 235 g/mol. The van der Waals surface area contributed by atoms with Gasteiger partial charge in [-0.15, -0.1) is 23.2 Å². The van der Waals surface area contributed by atoms with Crippen molar-refractivity contribution in [1.29, 1.82) is 0 Å². The summed E-state index contributed by atoms with van der Waals surface area (Å²) in [5.74, 6) is 0.914. The fraction of sp³-hybridized carbons (Fsp3) is 1.00. The number of nitrogens with zero attached hydrogens (tertiary/aromatic N) is 1. The van der Waals surface area contributed by atoms with Crippen LogP contribution in [0.4, 0.5) is 0 Å². The van der Waals surface area contributed by atoms with Gasteiger partial charge in [0.15, 0.2) is 0 Å². The molecule has 3 heteroatoms. The maximum absolute atomic E-state index is 6.01. The molecular formula is C11H19Cl2N. The summed E-state index contributed by atoms with van der Waals surface area (Å²) in [7, 11) is 2.20. The van der Waals surface area contributed by atoms with Gasteiger partial charge >= 0.3 is 0 Å². The second-order valence-electron chi connectivity index (χ2n) is 4.76. The second kappa shape index (κ2) is 4.59. The average molecular weight is 236 g/mol. The smallest absolute Gasteiger partial charge is 0.123 e. The highest BCUT2D eigenvalue weighted by atomic mass is 35.5. The summed E-state index contributed by atoms with van der Waals surface area (Å²) in [5, 5.41) is 0. The summed E-state index contributed by atoms with van der Waals surface area (Å²) in [5.41, 5.74) is 0. The molecule has 2 aliphatic rings. The van der Waals surface area contributed by atoms with E-state index in [2.05, 4.69) is 11.9 Å². The van der Waals surface area contributed by atoms with Crippen molar-refractivity contribution in [2.75, 3.05) is 7.05 Å². The van der Waals surface area contributed by atoms with E-state index in [1.54, 1.807) is 0 Å². The van der Waals surface area contributed by atoms with E-state index < -0.39 is 0 Å². The van der Waals surface area contributed by atoms with Crippen LogP contribution in [0.2, 0.25) is 0 Å². The number of alkyl halides is 2. The van der Waals surface area contributed by atoms with Crippen molar-refractivity contribution in [3.8, 4) is 0 Å². The minimum Gasteiger partial charge on any atom is -0.297 e. The van der Waals surface area contributed by atoms with Crippen molar-refractivity contribution in [2.24, 2.45) is 5.92 Å². The molecule has 82 valence electrons. The minimum absolute atomic E-state index is 0.220. The van der Waals surface area contributed by atoms with Gasteiger partial charge in [0.25, 0.3) is 0 Å². The molecule has 0 aromatic rings. The number of rotatable bonds is 1. The Morgan fingerprint density at radius 3 is 2.50 bits per heavy atom. The van der Waals surface area contributed by atoms with Crippen LogP contribution in [0, 0.1) is 5.92 Å². The third-order valence-corrected chi connectivity index (χ3v) is 4.62. The lowest BCUT2D eigenvalue weighted by Crippen LogP contribution is -2.52. The van der Waals surface area contributed by atoms with Crippen LogP contribution in [-0.4, -0.2) is 28.9 Å². The summed E-state index contributed by atoms with van der Waals surface area (Å²) >= 11 is 12.0. The molecule has 0 aromatic heterocycles. The molecule has 1 saturated carbocycles. The number of fused-ring (bicyclic) bond motifs is 1. The van der Waals surface area contributed by atoms with Gasteiger partial charge in [-0.25, -0.2) is 0 Å². The molecule has 14 heavy (non-hydrogen) atoms. The van der Waals surface area contributed by atoms with Crippen LogP contribution in [0.1, 0.15) is 38.5 Å². The topological polar surface area (TPSA) is 3.24 Å². The van der Waals surface area contributed by atoms with Gasteiger partial charge in [0, 0.05) is 12.1 Å². The van der Waals surface area contributed by atoms with E-state index in [0.29, 0.717) is 6.04 Å². The third kappa shape index (κ3) is 2.05. The fourth-order valence-corrected chi connectivity index (χ4v) is 3.81. The van der Waals surface area contributed by atoms with E-state index in [9.17, 15) is 0 Å². The Balaban J connectivity index is 2.03. The molecule has 0 radical (unpaired) electrons. The van der Waals surface area contributed by atoms with E-state index in [1.165, 1.54) is 38.5 Å². The van der Waals surface area contributed by atoms with Gasteiger partial charge in [-0.2, -0.15) is 0 Å². The van der Waals surface area contributed by atoms with Crippen molar-refractivity contribution in [3.63, 3.8) is 0 Å². The Labute approximate surface area is 96.7 Å². The predicted molar refractivity (Wildman–Crippen MR) is 62.0 cm³/mol. The van der Waals surface area contributed by atoms with Crippen LogP contribution in [-0.2, 0) is 0 Å². The van der Waals surface area contributed by atoms with Gasteiger partial charge in [0.2, 0.25) is 0 Å². The quantitative estimate of drug-likeness (QED) is 0.630. The van der Waals surface area contributed by atoms with Crippen molar-refractivity contribution in [1.82, 2.24) is 4.90 Å². The van der Waals surface area contributed by atoms with Gasteiger partial charge in [0.05, 0.1) is 0 Å². The molecule has 2 rings (SSSR count). The molecule has 3 atom stereocenters. The fourth-order valence-electron chi connectivity index (χ4n) is 3.20. The maximum Gasteiger partial charge on any atom is 0.123 e. The molecule has 0 N–H and O–H groups in total. The number of piperidine rings is 1. The molecule has 1 saturated heterocycles. The lowest BCUT2D eigenvalue weighted by atomic mass is 9.77. The first-order valence-corrected chi connectivity index (χ1v) is 6.57. The Morgan fingerprint density at radius 1 is 1.07 bits per heavy atom. The SMILES string of the molecule is CN1C(C(Cl)Cl)CCC2CCCCC21. The van der Waals surface area contributed by atoms with Crippen LogP contribution in [0.25, 0.3) is 0 Å². The minimum atomic E-state index is -0.220. The summed E-state index contributed by atoms with van der Waals surface area (Å²) in [6.45, 7) is 0. The van der Waals surface area contributed by atoms with Crippen molar-refractivity contribution in [2.45, 2.75) is 55.4 Å². The van der Waals surface area contributed by atoms with E-state index in [1.807, 2.05) is 0 Å². The zero-order valence-corrected chi connectivity index (χ0v) is 10.3. The summed E-state index contributed by atoms with van der Waals surface area (Å²) < 4.78 is 0. The van der Waals surface area contributed by atoms with Gasteiger partial charge in [-0.1, -0.05) is 12.8 Å². The molecule has 0 spiro atoms. The summed E-state index contributed by atoms with van der Waals surface area (Å²) in [4.78, 5) is 2.22. The Bertz CT molecular complexity index is 196. The van der Waals surface area contributed by atoms with Crippen molar-refractivity contribution < 1.29 is 0 Å². The molecule has 1 nitrogen and oxygen atoms in total. The normalized spacial score (nSPS) is 39.9. The molecule has 1 heterocycles. The highest BCUT2D eigenvalue weighted by Crippen LogP contribution is 2.38. The zero-order chi connectivity index (χ0) is 10.1.